The summed E-state index contributed by atoms with van der Waals surface area (Å²) in [4.78, 5) is 22.7. The van der Waals surface area contributed by atoms with Crippen LogP contribution < -0.4 is 5.32 Å². The highest BCUT2D eigenvalue weighted by atomic mass is 35.5. The Morgan fingerprint density at radius 2 is 2.17 bits per heavy atom. The maximum absolute atomic E-state index is 13.3. The van der Waals surface area contributed by atoms with Gasteiger partial charge in [0.1, 0.15) is 5.82 Å². The van der Waals surface area contributed by atoms with E-state index in [1.165, 1.54) is 16.8 Å². The quantitative estimate of drug-likeness (QED) is 0.444. The van der Waals surface area contributed by atoms with Gasteiger partial charge in [-0.15, -0.1) is 11.6 Å². The van der Waals surface area contributed by atoms with Crippen molar-refractivity contribution in [2.24, 2.45) is 0 Å². The van der Waals surface area contributed by atoms with E-state index in [1.54, 1.807) is 12.3 Å². The lowest BCUT2D eigenvalue weighted by Crippen LogP contribution is -2.30. The first-order valence-electron chi connectivity index (χ1n) is 9.18. The van der Waals surface area contributed by atoms with E-state index in [2.05, 4.69) is 20.4 Å². The molecule has 0 aliphatic rings. The summed E-state index contributed by atoms with van der Waals surface area (Å²) < 4.78 is 20.6. The summed E-state index contributed by atoms with van der Waals surface area (Å²) in [6.07, 6.45) is 2.71. The monoisotopic (exact) mass is 420 g/mol. The number of halogens is 2. The molecule has 154 valence electrons. The first-order chi connectivity index (χ1) is 13.9. The molecule has 3 aromatic rings. The van der Waals surface area contributed by atoms with Crippen molar-refractivity contribution in [2.75, 3.05) is 12.5 Å². The second-order valence-corrected chi connectivity index (χ2v) is 6.90. The molecule has 3 aromatic heterocycles. The zero-order valence-corrected chi connectivity index (χ0v) is 17.1. The molecule has 1 N–H and O–H groups in total. The molecule has 0 saturated carbocycles. The average Bonchev–Trinajstić information content (AvgIpc) is 3.33. The summed E-state index contributed by atoms with van der Waals surface area (Å²) in [5.74, 6) is -0.0510. The van der Waals surface area contributed by atoms with E-state index in [9.17, 15) is 9.18 Å². The predicted octanol–water partition coefficient (Wildman–Crippen LogP) is 3.22. The van der Waals surface area contributed by atoms with Crippen LogP contribution in [0.3, 0.4) is 0 Å². The van der Waals surface area contributed by atoms with E-state index in [-0.39, 0.29) is 23.5 Å². The second kappa shape index (κ2) is 9.15. The zero-order valence-electron chi connectivity index (χ0n) is 16.4. The Bertz CT molecular complexity index is 965. The van der Waals surface area contributed by atoms with Gasteiger partial charge in [-0.3, -0.25) is 14.7 Å². The van der Waals surface area contributed by atoms with Gasteiger partial charge in [0, 0.05) is 12.2 Å². The van der Waals surface area contributed by atoms with Crippen LogP contribution in [0, 0.1) is 5.82 Å². The van der Waals surface area contributed by atoms with Gasteiger partial charge >= 0.3 is 0 Å². The highest BCUT2D eigenvalue weighted by Crippen LogP contribution is 2.26. The van der Waals surface area contributed by atoms with Crippen molar-refractivity contribution >= 4 is 17.5 Å². The lowest BCUT2D eigenvalue weighted by atomic mass is 10.3. The van der Waals surface area contributed by atoms with Crippen molar-refractivity contribution < 1.29 is 13.6 Å². The molecule has 0 bridgehead atoms. The second-order valence-electron chi connectivity index (χ2n) is 6.66. The van der Waals surface area contributed by atoms with Crippen molar-refractivity contribution in [3.8, 4) is 17.3 Å². The number of pyridine rings is 1. The van der Waals surface area contributed by atoms with Crippen LogP contribution in [0.4, 0.5) is 4.39 Å². The minimum absolute atomic E-state index is 0.0147. The van der Waals surface area contributed by atoms with Gasteiger partial charge in [0.15, 0.2) is 11.4 Å². The van der Waals surface area contributed by atoms with Gasteiger partial charge in [-0.2, -0.15) is 5.10 Å². The molecular weight excluding hydrogens is 399 g/mol. The number of rotatable bonds is 8. The summed E-state index contributed by atoms with van der Waals surface area (Å²) in [5.41, 5.74) is 1.06. The summed E-state index contributed by atoms with van der Waals surface area (Å²) in [6, 6.07) is 4.69. The van der Waals surface area contributed by atoms with Gasteiger partial charge in [0.2, 0.25) is 11.8 Å². The van der Waals surface area contributed by atoms with Crippen LogP contribution in [0.25, 0.3) is 17.3 Å². The number of hydrogen-bond acceptors (Lipinski definition) is 6. The maximum Gasteiger partial charge on any atom is 0.271 e. The average molecular weight is 421 g/mol. The standard InChI is InChI=1S/C19H22ClFN6O2/c1-4-26(11-20)10-16-24-17(14-6-5-13(21)9-22-14)19(29-16)27-8-7-15(25-27)18(28)23-12(2)3/h5-9,12H,4,10-11H2,1-3H3,(H,23,28). The topological polar surface area (TPSA) is 89.1 Å². The van der Waals surface area contributed by atoms with E-state index >= 15 is 0 Å². The number of nitrogens with one attached hydrogen (secondary N) is 1. The number of amides is 1. The Morgan fingerprint density at radius 1 is 1.38 bits per heavy atom. The van der Waals surface area contributed by atoms with Gasteiger partial charge in [-0.05, 0) is 38.6 Å². The fourth-order valence-corrected chi connectivity index (χ4v) is 2.84. The third-order valence-electron chi connectivity index (χ3n) is 4.05. The van der Waals surface area contributed by atoms with E-state index in [4.69, 9.17) is 16.0 Å². The Hall–Kier alpha value is -2.78. The molecule has 3 heterocycles. The third kappa shape index (κ3) is 4.99. The minimum Gasteiger partial charge on any atom is -0.421 e. The zero-order chi connectivity index (χ0) is 21.0. The predicted molar refractivity (Wildman–Crippen MR) is 106 cm³/mol. The summed E-state index contributed by atoms with van der Waals surface area (Å²) in [5, 5.41) is 7.09. The van der Waals surface area contributed by atoms with Gasteiger partial charge in [0.05, 0.1) is 24.4 Å². The van der Waals surface area contributed by atoms with Gasteiger partial charge in [-0.1, -0.05) is 6.92 Å². The van der Waals surface area contributed by atoms with E-state index in [1.807, 2.05) is 25.7 Å². The van der Waals surface area contributed by atoms with Crippen molar-refractivity contribution in [1.82, 2.24) is 30.0 Å². The minimum atomic E-state index is -0.454. The van der Waals surface area contributed by atoms with E-state index in [0.717, 1.165) is 6.20 Å². The molecule has 10 heteroatoms. The number of oxazole rings is 1. The number of nitrogens with zero attached hydrogens (tertiary/aromatic N) is 5. The lowest BCUT2D eigenvalue weighted by Gasteiger charge is -2.13. The SMILES string of the molecule is CCN(CCl)Cc1nc(-c2ccc(F)cn2)c(-n2ccc(C(=O)NC(C)C)n2)o1. The van der Waals surface area contributed by atoms with Crippen LogP contribution in [-0.2, 0) is 6.54 Å². The molecule has 0 atom stereocenters. The highest BCUT2D eigenvalue weighted by molar-refractivity contribution is 6.17. The molecule has 0 saturated heterocycles. The van der Waals surface area contributed by atoms with Crippen molar-refractivity contribution in [3.05, 3.63) is 48.0 Å². The van der Waals surface area contributed by atoms with E-state index in [0.29, 0.717) is 36.4 Å². The first-order valence-corrected chi connectivity index (χ1v) is 9.71. The van der Waals surface area contributed by atoms with E-state index < -0.39 is 5.82 Å². The van der Waals surface area contributed by atoms with Gasteiger partial charge < -0.3 is 9.73 Å². The van der Waals surface area contributed by atoms with Crippen molar-refractivity contribution in [3.63, 3.8) is 0 Å². The maximum atomic E-state index is 13.3. The summed E-state index contributed by atoms with van der Waals surface area (Å²) in [6.45, 7) is 6.81. The Balaban J connectivity index is 2.00. The molecule has 0 aliphatic heterocycles. The number of carbonyl (C=O) groups is 1. The summed E-state index contributed by atoms with van der Waals surface area (Å²) >= 11 is 5.94. The Kier molecular flexibility index (Phi) is 6.60. The molecule has 1 amide bonds. The Labute approximate surface area is 172 Å². The molecule has 0 fully saturated rings. The van der Waals surface area contributed by atoms with Gasteiger partial charge in [-0.25, -0.2) is 14.1 Å². The van der Waals surface area contributed by atoms with Crippen LogP contribution >= 0.6 is 11.6 Å². The van der Waals surface area contributed by atoms with Crippen LogP contribution in [0.2, 0.25) is 0 Å². The molecular formula is C19H22ClFN6O2. The Morgan fingerprint density at radius 3 is 2.79 bits per heavy atom. The fraction of sp³-hybridized carbons (Fsp3) is 0.368. The third-order valence-corrected chi connectivity index (χ3v) is 4.39. The smallest absolute Gasteiger partial charge is 0.271 e. The molecule has 0 unspecified atom stereocenters. The molecule has 3 rings (SSSR count). The molecule has 0 aliphatic carbocycles. The first kappa shape index (κ1) is 20.9. The highest BCUT2D eigenvalue weighted by Gasteiger charge is 2.21. The molecule has 0 aromatic carbocycles. The number of hydrogen-bond donors (Lipinski definition) is 1. The van der Waals surface area contributed by atoms with Crippen LogP contribution in [0.15, 0.2) is 35.0 Å². The molecule has 0 radical (unpaired) electrons. The molecule has 29 heavy (non-hydrogen) atoms. The van der Waals surface area contributed by atoms with Crippen LogP contribution in [0.1, 0.15) is 37.2 Å². The number of aromatic nitrogens is 4. The number of alkyl halides is 1. The normalized spacial score (nSPS) is 11.4. The van der Waals surface area contributed by atoms with Crippen molar-refractivity contribution in [2.45, 2.75) is 33.4 Å². The summed E-state index contributed by atoms with van der Waals surface area (Å²) in [7, 11) is 0. The molecule has 0 spiro atoms. The van der Waals surface area contributed by atoms with Crippen LogP contribution in [0.5, 0.6) is 0 Å². The number of carbonyl (C=O) groups excluding carboxylic acids is 1. The van der Waals surface area contributed by atoms with Crippen LogP contribution in [-0.4, -0.2) is 49.1 Å². The van der Waals surface area contributed by atoms with Crippen molar-refractivity contribution in [1.29, 1.82) is 0 Å². The largest absolute Gasteiger partial charge is 0.421 e. The van der Waals surface area contributed by atoms with Gasteiger partial charge in [0.25, 0.3) is 5.91 Å². The lowest BCUT2D eigenvalue weighted by molar-refractivity contribution is 0.0937. The fourth-order valence-electron chi connectivity index (χ4n) is 2.59. The molecule has 8 nitrogen and oxygen atoms in total.